The van der Waals surface area contributed by atoms with Gasteiger partial charge in [0.15, 0.2) is 0 Å². The van der Waals surface area contributed by atoms with Gasteiger partial charge in [0, 0.05) is 6.04 Å². The number of hydrogen-bond donors (Lipinski definition) is 1. The van der Waals surface area contributed by atoms with Gasteiger partial charge in [0.2, 0.25) is 5.91 Å². The van der Waals surface area contributed by atoms with Gasteiger partial charge in [0.1, 0.15) is 6.17 Å². The van der Waals surface area contributed by atoms with Gasteiger partial charge in [-0.2, -0.15) is 11.3 Å². The van der Waals surface area contributed by atoms with Crippen LogP contribution in [0.4, 0.5) is 0 Å². The summed E-state index contributed by atoms with van der Waals surface area (Å²) >= 11 is 1.70. The standard InChI is InChI=1S/C15H22N2OS/c1-9(2)13-15(18)17(12-6-10(3)7-12)14(16-13)11-4-5-19-8-11/h4-5,8-10,12-14,16H,6-7H2,1-3H3. The van der Waals surface area contributed by atoms with E-state index in [0.717, 1.165) is 18.8 Å². The minimum Gasteiger partial charge on any atom is -0.319 e. The molecule has 1 aliphatic heterocycles. The number of rotatable bonds is 3. The van der Waals surface area contributed by atoms with Gasteiger partial charge >= 0.3 is 0 Å². The van der Waals surface area contributed by atoms with Gasteiger partial charge in [-0.3, -0.25) is 10.1 Å². The normalized spacial score (nSPS) is 34.9. The van der Waals surface area contributed by atoms with Gasteiger partial charge in [-0.05, 0) is 47.1 Å². The van der Waals surface area contributed by atoms with E-state index in [1.807, 2.05) is 0 Å². The molecule has 2 aliphatic rings. The first-order valence-electron chi connectivity index (χ1n) is 7.18. The van der Waals surface area contributed by atoms with Crippen molar-refractivity contribution < 1.29 is 4.79 Å². The highest BCUT2D eigenvalue weighted by Gasteiger charge is 2.47. The van der Waals surface area contributed by atoms with Crippen molar-refractivity contribution in [1.29, 1.82) is 0 Å². The van der Waals surface area contributed by atoms with Crippen LogP contribution < -0.4 is 5.32 Å². The molecule has 1 aliphatic carbocycles. The summed E-state index contributed by atoms with van der Waals surface area (Å²) in [4.78, 5) is 14.8. The molecular weight excluding hydrogens is 256 g/mol. The van der Waals surface area contributed by atoms with Gasteiger partial charge in [0.25, 0.3) is 0 Å². The van der Waals surface area contributed by atoms with Crippen LogP contribution in [0.2, 0.25) is 0 Å². The molecule has 1 saturated heterocycles. The van der Waals surface area contributed by atoms with Gasteiger partial charge in [-0.25, -0.2) is 0 Å². The molecule has 2 heterocycles. The monoisotopic (exact) mass is 278 g/mol. The van der Waals surface area contributed by atoms with E-state index < -0.39 is 0 Å². The zero-order valence-electron chi connectivity index (χ0n) is 11.8. The summed E-state index contributed by atoms with van der Waals surface area (Å²) in [5.74, 6) is 1.40. The molecule has 1 saturated carbocycles. The SMILES string of the molecule is CC1CC(N2C(=O)C(C(C)C)NC2c2ccsc2)C1. The Kier molecular flexibility index (Phi) is 3.39. The molecule has 19 heavy (non-hydrogen) atoms. The van der Waals surface area contributed by atoms with Crippen molar-refractivity contribution in [2.75, 3.05) is 0 Å². The fourth-order valence-corrected chi connectivity index (χ4v) is 3.93. The summed E-state index contributed by atoms with van der Waals surface area (Å²) in [5.41, 5.74) is 1.24. The van der Waals surface area contributed by atoms with Crippen LogP contribution >= 0.6 is 11.3 Å². The van der Waals surface area contributed by atoms with E-state index in [1.54, 1.807) is 11.3 Å². The maximum absolute atomic E-state index is 12.7. The Labute approximate surface area is 119 Å². The minimum atomic E-state index is -0.0270. The van der Waals surface area contributed by atoms with Crippen molar-refractivity contribution in [2.45, 2.75) is 51.9 Å². The summed E-state index contributed by atoms with van der Waals surface area (Å²) in [5, 5.41) is 7.78. The molecule has 2 unspecified atom stereocenters. The highest BCUT2D eigenvalue weighted by molar-refractivity contribution is 7.07. The van der Waals surface area contributed by atoms with Crippen molar-refractivity contribution in [3.05, 3.63) is 22.4 Å². The molecular formula is C15H22N2OS. The largest absolute Gasteiger partial charge is 0.319 e. The Morgan fingerprint density at radius 2 is 2.16 bits per heavy atom. The average Bonchev–Trinajstić information content (AvgIpc) is 2.92. The van der Waals surface area contributed by atoms with Crippen LogP contribution in [0.15, 0.2) is 16.8 Å². The van der Waals surface area contributed by atoms with Gasteiger partial charge in [-0.1, -0.05) is 20.8 Å². The molecule has 1 amide bonds. The predicted molar refractivity (Wildman–Crippen MR) is 77.9 cm³/mol. The highest BCUT2D eigenvalue weighted by Crippen LogP contribution is 2.39. The number of nitrogens with zero attached hydrogens (tertiary/aromatic N) is 1. The summed E-state index contributed by atoms with van der Waals surface area (Å²) < 4.78 is 0. The summed E-state index contributed by atoms with van der Waals surface area (Å²) in [6.07, 6.45) is 2.39. The number of amides is 1. The van der Waals surface area contributed by atoms with Crippen molar-refractivity contribution in [1.82, 2.24) is 10.2 Å². The third kappa shape index (κ3) is 2.21. The molecule has 1 aromatic rings. The molecule has 1 aromatic heterocycles. The Morgan fingerprint density at radius 3 is 2.68 bits per heavy atom. The summed E-state index contributed by atoms with van der Waals surface area (Å²) in [7, 11) is 0. The molecule has 1 N–H and O–H groups in total. The molecule has 2 atom stereocenters. The zero-order valence-corrected chi connectivity index (χ0v) is 12.6. The highest BCUT2D eigenvalue weighted by atomic mass is 32.1. The predicted octanol–water partition coefficient (Wildman–Crippen LogP) is 3.00. The van der Waals surface area contributed by atoms with E-state index in [9.17, 15) is 4.79 Å². The van der Waals surface area contributed by atoms with E-state index in [2.05, 4.69) is 47.8 Å². The number of carbonyl (C=O) groups excluding carboxylic acids is 1. The molecule has 2 fully saturated rings. The molecule has 0 radical (unpaired) electrons. The van der Waals surface area contributed by atoms with Crippen LogP contribution in [0.3, 0.4) is 0 Å². The van der Waals surface area contributed by atoms with Crippen molar-refractivity contribution in [2.24, 2.45) is 11.8 Å². The van der Waals surface area contributed by atoms with Crippen LogP contribution in [-0.2, 0) is 4.79 Å². The molecule has 0 bridgehead atoms. The van der Waals surface area contributed by atoms with Crippen LogP contribution in [0, 0.1) is 11.8 Å². The number of carbonyl (C=O) groups is 1. The lowest BCUT2D eigenvalue weighted by Gasteiger charge is -2.42. The number of thiophene rings is 1. The van der Waals surface area contributed by atoms with Crippen LogP contribution in [0.1, 0.15) is 45.3 Å². The molecule has 0 aromatic carbocycles. The Balaban J connectivity index is 1.86. The third-order valence-electron chi connectivity index (χ3n) is 4.40. The molecule has 3 rings (SSSR count). The maximum atomic E-state index is 12.7. The van der Waals surface area contributed by atoms with Crippen molar-refractivity contribution in [3.8, 4) is 0 Å². The van der Waals surface area contributed by atoms with Crippen molar-refractivity contribution >= 4 is 17.2 Å². The lowest BCUT2D eigenvalue weighted by molar-refractivity contribution is -0.135. The Bertz CT molecular complexity index is 451. The van der Waals surface area contributed by atoms with Crippen LogP contribution in [-0.4, -0.2) is 22.9 Å². The smallest absolute Gasteiger partial charge is 0.241 e. The fourth-order valence-electron chi connectivity index (χ4n) is 3.25. The van der Waals surface area contributed by atoms with E-state index in [0.29, 0.717) is 17.9 Å². The topological polar surface area (TPSA) is 32.3 Å². The van der Waals surface area contributed by atoms with Gasteiger partial charge in [0.05, 0.1) is 6.04 Å². The second-order valence-corrected chi connectivity index (χ2v) is 7.10. The van der Waals surface area contributed by atoms with Crippen LogP contribution in [0.25, 0.3) is 0 Å². The van der Waals surface area contributed by atoms with E-state index in [4.69, 9.17) is 0 Å². The molecule has 4 heteroatoms. The summed E-state index contributed by atoms with van der Waals surface area (Å²) in [6, 6.07) is 2.54. The number of hydrogen-bond acceptors (Lipinski definition) is 3. The van der Waals surface area contributed by atoms with Gasteiger partial charge in [-0.15, -0.1) is 0 Å². The first-order chi connectivity index (χ1) is 9.08. The lowest BCUT2D eigenvalue weighted by Crippen LogP contribution is -2.47. The van der Waals surface area contributed by atoms with Gasteiger partial charge < -0.3 is 4.90 Å². The maximum Gasteiger partial charge on any atom is 0.241 e. The Hall–Kier alpha value is -0.870. The second-order valence-electron chi connectivity index (χ2n) is 6.32. The van der Waals surface area contributed by atoms with Crippen LogP contribution in [0.5, 0.6) is 0 Å². The second kappa shape index (κ2) is 4.91. The lowest BCUT2D eigenvalue weighted by atomic mass is 9.80. The number of nitrogens with one attached hydrogen (secondary N) is 1. The first-order valence-corrected chi connectivity index (χ1v) is 8.12. The van der Waals surface area contributed by atoms with E-state index >= 15 is 0 Å². The van der Waals surface area contributed by atoms with E-state index in [1.165, 1.54) is 5.56 Å². The summed E-state index contributed by atoms with van der Waals surface area (Å²) in [6.45, 7) is 6.50. The fraction of sp³-hybridized carbons (Fsp3) is 0.667. The zero-order chi connectivity index (χ0) is 13.6. The Morgan fingerprint density at radius 1 is 1.42 bits per heavy atom. The van der Waals surface area contributed by atoms with E-state index in [-0.39, 0.29) is 12.2 Å². The first kappa shape index (κ1) is 13.1. The quantitative estimate of drug-likeness (QED) is 0.922. The third-order valence-corrected chi connectivity index (χ3v) is 5.11. The van der Waals surface area contributed by atoms with Crippen molar-refractivity contribution in [3.63, 3.8) is 0 Å². The molecule has 104 valence electrons. The molecule has 0 spiro atoms. The molecule has 3 nitrogen and oxygen atoms in total. The minimum absolute atomic E-state index is 0.0270. The average molecular weight is 278 g/mol.